The van der Waals surface area contributed by atoms with Crippen LogP contribution in [0, 0.1) is 22.2 Å². The first-order chi connectivity index (χ1) is 15.2. The molecule has 33 heavy (non-hydrogen) atoms. The number of amides is 2. The van der Waals surface area contributed by atoms with Crippen molar-refractivity contribution in [3.8, 4) is 0 Å². The SMILES string of the molecule is CC(C)(C)CC(=O)N[C@H]1CC(C)(C)[C@@H]2C[C@](C)(O)CC[C@@]12CCC(=O)NCc1cccnc1. The molecule has 0 saturated heterocycles. The molecule has 1 aromatic rings. The second-order valence-electron chi connectivity index (χ2n) is 12.7. The molecule has 184 valence electrons. The summed E-state index contributed by atoms with van der Waals surface area (Å²) in [7, 11) is 0. The predicted molar refractivity (Wildman–Crippen MR) is 130 cm³/mol. The van der Waals surface area contributed by atoms with Crippen LogP contribution >= 0.6 is 0 Å². The molecule has 6 nitrogen and oxygen atoms in total. The zero-order chi connectivity index (χ0) is 24.5. The Hall–Kier alpha value is -1.95. The van der Waals surface area contributed by atoms with Crippen molar-refractivity contribution in [2.24, 2.45) is 22.2 Å². The maximum atomic E-state index is 12.9. The third kappa shape index (κ3) is 6.34. The van der Waals surface area contributed by atoms with Crippen molar-refractivity contribution in [2.75, 3.05) is 0 Å². The van der Waals surface area contributed by atoms with Gasteiger partial charge in [0.15, 0.2) is 0 Å². The molecule has 0 radical (unpaired) electrons. The van der Waals surface area contributed by atoms with Gasteiger partial charge in [0.2, 0.25) is 11.8 Å². The Morgan fingerprint density at radius 3 is 2.52 bits per heavy atom. The van der Waals surface area contributed by atoms with Crippen LogP contribution < -0.4 is 10.6 Å². The molecule has 0 unspecified atom stereocenters. The van der Waals surface area contributed by atoms with Crippen LogP contribution in [0.4, 0.5) is 0 Å². The lowest BCUT2D eigenvalue weighted by Gasteiger charge is -2.51. The summed E-state index contributed by atoms with van der Waals surface area (Å²) in [5.74, 6) is 0.357. The highest BCUT2D eigenvalue weighted by Crippen LogP contribution is 2.63. The van der Waals surface area contributed by atoms with Gasteiger partial charge >= 0.3 is 0 Å². The number of nitrogens with zero attached hydrogens (tertiary/aromatic N) is 1. The topological polar surface area (TPSA) is 91.3 Å². The first-order valence-corrected chi connectivity index (χ1v) is 12.4. The summed E-state index contributed by atoms with van der Waals surface area (Å²) < 4.78 is 0. The van der Waals surface area contributed by atoms with E-state index in [9.17, 15) is 14.7 Å². The average molecular weight is 458 g/mol. The number of hydrogen-bond donors (Lipinski definition) is 3. The summed E-state index contributed by atoms with van der Waals surface area (Å²) in [4.78, 5) is 29.8. The van der Waals surface area contributed by atoms with E-state index in [1.165, 1.54) is 0 Å². The smallest absolute Gasteiger partial charge is 0.220 e. The molecule has 2 aliphatic carbocycles. The number of rotatable bonds is 7. The molecule has 2 aliphatic rings. The van der Waals surface area contributed by atoms with Crippen LogP contribution in [0.1, 0.15) is 92.1 Å². The van der Waals surface area contributed by atoms with E-state index < -0.39 is 5.60 Å². The van der Waals surface area contributed by atoms with Crippen molar-refractivity contribution < 1.29 is 14.7 Å². The fraction of sp³-hybridized carbons (Fsp3) is 0.741. The molecular formula is C27H43N3O3. The molecule has 0 bridgehead atoms. The fourth-order valence-electron chi connectivity index (χ4n) is 6.30. The Kier molecular flexibility index (Phi) is 7.28. The van der Waals surface area contributed by atoms with Gasteiger partial charge < -0.3 is 15.7 Å². The van der Waals surface area contributed by atoms with Crippen LogP contribution in [0.5, 0.6) is 0 Å². The molecule has 3 N–H and O–H groups in total. The van der Waals surface area contributed by atoms with Gasteiger partial charge in [-0.1, -0.05) is 40.7 Å². The number of aliphatic hydroxyl groups is 1. The molecule has 2 fully saturated rings. The van der Waals surface area contributed by atoms with E-state index in [-0.39, 0.29) is 40.0 Å². The predicted octanol–water partition coefficient (Wildman–Crippen LogP) is 4.37. The zero-order valence-electron chi connectivity index (χ0n) is 21.3. The van der Waals surface area contributed by atoms with E-state index in [1.54, 1.807) is 12.4 Å². The van der Waals surface area contributed by atoms with Gasteiger partial charge in [0, 0.05) is 37.8 Å². The van der Waals surface area contributed by atoms with Crippen molar-refractivity contribution in [2.45, 2.75) is 105 Å². The summed E-state index contributed by atoms with van der Waals surface area (Å²) in [6, 6.07) is 3.84. The number of aromatic nitrogens is 1. The number of carbonyl (C=O) groups is 2. The summed E-state index contributed by atoms with van der Waals surface area (Å²) in [6.45, 7) is 13.1. The van der Waals surface area contributed by atoms with Crippen LogP contribution in [0.25, 0.3) is 0 Å². The standard InChI is InChI=1S/C27H43N3O3/c1-24(2,3)16-23(32)30-21-15-25(4,5)20-14-26(6,33)11-12-27(20,21)10-9-22(31)29-18-19-8-7-13-28-17-19/h7-8,13,17,20-21,33H,9-12,14-16,18H2,1-6H3,(H,29,31)(H,30,32)/t20-,21-,26+,27+/m0/s1. The zero-order valence-corrected chi connectivity index (χ0v) is 21.3. The number of pyridine rings is 1. The van der Waals surface area contributed by atoms with E-state index in [1.807, 2.05) is 19.1 Å². The number of nitrogens with one attached hydrogen (secondary N) is 2. The minimum atomic E-state index is -0.696. The number of carbonyl (C=O) groups excluding carboxylic acids is 2. The van der Waals surface area contributed by atoms with Gasteiger partial charge in [-0.2, -0.15) is 0 Å². The van der Waals surface area contributed by atoms with Crippen molar-refractivity contribution in [1.29, 1.82) is 0 Å². The van der Waals surface area contributed by atoms with E-state index in [0.29, 0.717) is 32.2 Å². The molecule has 0 aromatic carbocycles. The second kappa shape index (κ2) is 9.36. The highest BCUT2D eigenvalue weighted by molar-refractivity contribution is 5.77. The Morgan fingerprint density at radius 2 is 1.88 bits per heavy atom. The van der Waals surface area contributed by atoms with Gasteiger partial charge in [-0.25, -0.2) is 0 Å². The normalized spacial score (nSPS) is 31.0. The molecule has 1 aromatic heterocycles. The van der Waals surface area contributed by atoms with Crippen molar-refractivity contribution in [1.82, 2.24) is 15.6 Å². The largest absolute Gasteiger partial charge is 0.390 e. The highest BCUT2D eigenvalue weighted by atomic mass is 16.3. The maximum Gasteiger partial charge on any atom is 0.220 e. The van der Waals surface area contributed by atoms with Gasteiger partial charge in [0.25, 0.3) is 0 Å². The molecule has 2 amide bonds. The van der Waals surface area contributed by atoms with E-state index in [0.717, 1.165) is 24.8 Å². The van der Waals surface area contributed by atoms with Crippen LogP contribution in [0.2, 0.25) is 0 Å². The average Bonchev–Trinajstić information content (AvgIpc) is 2.90. The number of fused-ring (bicyclic) bond motifs is 1. The van der Waals surface area contributed by atoms with E-state index >= 15 is 0 Å². The lowest BCUT2D eigenvalue weighted by atomic mass is 9.57. The molecule has 6 heteroatoms. The Bertz CT molecular complexity index is 844. The Labute approximate surface area is 199 Å². The van der Waals surface area contributed by atoms with Crippen LogP contribution in [-0.4, -0.2) is 33.5 Å². The lowest BCUT2D eigenvalue weighted by Crippen LogP contribution is -2.53. The monoisotopic (exact) mass is 457 g/mol. The van der Waals surface area contributed by atoms with Gasteiger partial charge in [0.1, 0.15) is 0 Å². The van der Waals surface area contributed by atoms with E-state index in [2.05, 4.69) is 50.2 Å². The quantitative estimate of drug-likeness (QED) is 0.567. The highest BCUT2D eigenvalue weighted by Gasteiger charge is 2.61. The third-order valence-electron chi connectivity index (χ3n) is 7.89. The Morgan fingerprint density at radius 1 is 1.15 bits per heavy atom. The summed E-state index contributed by atoms with van der Waals surface area (Å²) >= 11 is 0. The third-order valence-corrected chi connectivity index (χ3v) is 7.89. The van der Waals surface area contributed by atoms with Gasteiger partial charge in [0.05, 0.1) is 5.60 Å². The molecule has 1 heterocycles. The van der Waals surface area contributed by atoms with Crippen LogP contribution in [0.3, 0.4) is 0 Å². The first-order valence-electron chi connectivity index (χ1n) is 12.4. The fourth-order valence-corrected chi connectivity index (χ4v) is 6.30. The molecule has 2 saturated carbocycles. The van der Waals surface area contributed by atoms with Gasteiger partial charge in [-0.15, -0.1) is 0 Å². The minimum absolute atomic E-state index is 0.0176. The molecule has 0 aliphatic heterocycles. The van der Waals surface area contributed by atoms with Crippen LogP contribution in [-0.2, 0) is 16.1 Å². The molecule has 3 rings (SSSR count). The van der Waals surface area contributed by atoms with Gasteiger partial charge in [-0.05, 0) is 72.8 Å². The van der Waals surface area contributed by atoms with E-state index in [4.69, 9.17) is 0 Å². The summed E-state index contributed by atoms with van der Waals surface area (Å²) in [5.41, 5.74) is 0.0112. The van der Waals surface area contributed by atoms with Crippen LogP contribution in [0.15, 0.2) is 24.5 Å². The molecule has 0 spiro atoms. The first kappa shape index (κ1) is 25.7. The van der Waals surface area contributed by atoms with Gasteiger partial charge in [-0.3, -0.25) is 14.6 Å². The summed E-state index contributed by atoms with van der Waals surface area (Å²) in [5, 5.41) is 17.3. The van der Waals surface area contributed by atoms with Crippen molar-refractivity contribution in [3.63, 3.8) is 0 Å². The molecular weight excluding hydrogens is 414 g/mol. The Balaban J connectivity index is 1.75. The van der Waals surface area contributed by atoms with Crippen molar-refractivity contribution >= 4 is 11.8 Å². The minimum Gasteiger partial charge on any atom is -0.390 e. The van der Waals surface area contributed by atoms with Crippen molar-refractivity contribution in [3.05, 3.63) is 30.1 Å². The maximum absolute atomic E-state index is 12.9. The summed E-state index contributed by atoms with van der Waals surface area (Å²) in [6.07, 6.45) is 8.21. The second-order valence-corrected chi connectivity index (χ2v) is 12.7. The number of hydrogen-bond acceptors (Lipinski definition) is 4. The molecule has 4 atom stereocenters. The lowest BCUT2D eigenvalue weighted by molar-refractivity contribution is -0.126.